The zero-order valence-corrected chi connectivity index (χ0v) is 14.3. The van der Waals surface area contributed by atoms with Crippen molar-refractivity contribution in [2.45, 2.75) is 50.5 Å². The first-order chi connectivity index (χ1) is 11.7. The van der Waals surface area contributed by atoms with E-state index in [2.05, 4.69) is 16.0 Å². The van der Waals surface area contributed by atoms with Crippen molar-refractivity contribution in [2.75, 3.05) is 20.3 Å². The highest BCUT2D eigenvalue weighted by atomic mass is 16.7. The highest BCUT2D eigenvalue weighted by molar-refractivity contribution is 5.86. The molecule has 0 unspecified atom stereocenters. The van der Waals surface area contributed by atoms with Crippen molar-refractivity contribution in [3.63, 3.8) is 0 Å². The highest BCUT2D eigenvalue weighted by Gasteiger charge is 2.45. The molecule has 1 aliphatic rings. The van der Waals surface area contributed by atoms with Crippen molar-refractivity contribution in [1.29, 1.82) is 0 Å². The Morgan fingerprint density at radius 2 is 1.80 bits per heavy atom. The maximum absolute atomic E-state index is 11.8. The van der Waals surface area contributed by atoms with Crippen LogP contribution in [0.4, 0.5) is 0 Å². The number of aliphatic hydroxyl groups excluding tert-OH is 3. The predicted octanol–water partition coefficient (Wildman–Crippen LogP) is -3.80. The topological polar surface area (TPSA) is 166 Å². The molecule has 1 aliphatic heterocycles. The van der Waals surface area contributed by atoms with Crippen LogP contribution in [-0.2, 0) is 23.9 Å². The summed E-state index contributed by atoms with van der Waals surface area (Å²) in [4.78, 5) is 34.3. The Morgan fingerprint density at radius 3 is 2.28 bits per heavy atom. The molecule has 0 aliphatic carbocycles. The van der Waals surface area contributed by atoms with Gasteiger partial charge in [-0.1, -0.05) is 0 Å². The summed E-state index contributed by atoms with van der Waals surface area (Å²) in [5.41, 5.74) is 0. The summed E-state index contributed by atoms with van der Waals surface area (Å²) >= 11 is 0. The lowest BCUT2D eigenvalue weighted by molar-refractivity contribution is -0.270. The first kappa shape index (κ1) is 21.3. The van der Waals surface area contributed by atoms with E-state index in [4.69, 9.17) is 9.47 Å². The number of likely N-dealkylation sites (N-methyl/N-ethyl adjacent to an activating group) is 1. The van der Waals surface area contributed by atoms with E-state index in [-0.39, 0.29) is 6.61 Å². The monoisotopic (exact) mass is 364 g/mol. The van der Waals surface area contributed by atoms with Crippen LogP contribution < -0.4 is 16.0 Å². The third-order valence-corrected chi connectivity index (χ3v) is 3.62. The van der Waals surface area contributed by atoms with Crippen molar-refractivity contribution in [1.82, 2.24) is 16.0 Å². The van der Waals surface area contributed by atoms with E-state index in [1.165, 1.54) is 20.9 Å². The van der Waals surface area contributed by atoms with Gasteiger partial charge in [-0.25, -0.2) is 0 Å². The van der Waals surface area contributed by atoms with Gasteiger partial charge in [0, 0.05) is 20.9 Å². The Labute approximate surface area is 144 Å². The van der Waals surface area contributed by atoms with Gasteiger partial charge in [-0.15, -0.1) is 0 Å². The van der Waals surface area contributed by atoms with Gasteiger partial charge < -0.3 is 40.7 Å². The van der Waals surface area contributed by atoms with Gasteiger partial charge >= 0.3 is 0 Å². The molecule has 1 fully saturated rings. The zero-order chi connectivity index (χ0) is 19.1. The molecule has 6 N–H and O–H groups in total. The summed E-state index contributed by atoms with van der Waals surface area (Å²) in [6.07, 6.45) is -5.28. The molecule has 0 spiro atoms. The Bertz CT molecular complexity index is 489. The fourth-order valence-corrected chi connectivity index (χ4v) is 2.41. The molecule has 0 bridgehead atoms. The highest BCUT2D eigenvalue weighted by Crippen LogP contribution is 2.22. The number of nitrogens with one attached hydrogen (secondary N) is 3. The van der Waals surface area contributed by atoms with Gasteiger partial charge in [0.05, 0.1) is 13.2 Å². The van der Waals surface area contributed by atoms with Crippen LogP contribution in [0.5, 0.6) is 0 Å². The Kier molecular flexibility index (Phi) is 8.19. The van der Waals surface area contributed by atoms with E-state index >= 15 is 0 Å². The Morgan fingerprint density at radius 1 is 1.16 bits per heavy atom. The van der Waals surface area contributed by atoms with Crippen molar-refractivity contribution in [3.8, 4) is 0 Å². The van der Waals surface area contributed by atoms with Crippen LogP contribution in [0.15, 0.2) is 0 Å². The third kappa shape index (κ3) is 5.90. The molecule has 3 amide bonds. The second kappa shape index (κ2) is 9.63. The first-order valence-corrected chi connectivity index (χ1v) is 7.71. The second-order valence-corrected chi connectivity index (χ2v) is 5.63. The van der Waals surface area contributed by atoms with Crippen LogP contribution in [0, 0.1) is 0 Å². The van der Waals surface area contributed by atoms with Crippen LogP contribution >= 0.6 is 0 Å². The SMILES string of the molecule is CN[13C](=O)[C@H](CO[C@H]1O[C@H](CO)[C@H](O)[C@H](O)[C@H]1NC(C)=O)NC(C)=O. The molecule has 25 heavy (non-hydrogen) atoms. The molecule has 0 aromatic rings. The number of hydrogen-bond donors (Lipinski definition) is 6. The van der Waals surface area contributed by atoms with Crippen LogP contribution in [0.1, 0.15) is 13.8 Å². The Balaban J connectivity index is 2.86. The summed E-state index contributed by atoms with van der Waals surface area (Å²) in [6.45, 7) is 1.53. The van der Waals surface area contributed by atoms with Crippen LogP contribution in [-0.4, -0.2) is 90.0 Å². The van der Waals surface area contributed by atoms with E-state index in [1.807, 2.05) is 0 Å². The largest absolute Gasteiger partial charge is 0.394 e. The Hall–Kier alpha value is -1.79. The van der Waals surface area contributed by atoms with Crippen molar-refractivity contribution in [3.05, 3.63) is 0 Å². The fraction of sp³-hybridized carbons (Fsp3) is 0.786. The summed E-state index contributed by atoms with van der Waals surface area (Å²) in [6, 6.07) is -2.15. The molecular weight excluding hydrogens is 339 g/mol. The number of aliphatic hydroxyl groups is 3. The van der Waals surface area contributed by atoms with Gasteiger partial charge in [0.1, 0.15) is 30.4 Å². The number of ether oxygens (including phenoxy) is 2. The molecule has 1 rings (SSSR count). The molecule has 6 atom stereocenters. The molecule has 0 aromatic heterocycles. The van der Waals surface area contributed by atoms with Crippen LogP contribution in [0.25, 0.3) is 0 Å². The molecule has 144 valence electrons. The normalized spacial score (nSPS) is 30.2. The molecule has 0 radical (unpaired) electrons. The van der Waals surface area contributed by atoms with Crippen LogP contribution in [0.2, 0.25) is 0 Å². The minimum Gasteiger partial charge on any atom is -0.394 e. The van der Waals surface area contributed by atoms with Gasteiger partial charge in [-0.05, 0) is 0 Å². The lowest BCUT2D eigenvalue weighted by Gasteiger charge is -2.42. The van der Waals surface area contributed by atoms with E-state index in [0.29, 0.717) is 0 Å². The van der Waals surface area contributed by atoms with E-state index in [0.717, 1.165) is 0 Å². The smallest absolute Gasteiger partial charge is 0.244 e. The standard InChI is InChI=1S/C14H25N3O8/c1-6(19)16-8(13(23)15-3)5-24-14-10(17-7(2)20)12(22)11(21)9(4-18)25-14/h8-12,14,18,21-22H,4-5H2,1-3H3,(H,15,23)(H,16,19)(H,17,20)/t8-,9+,10+,11-,12+,14-/m0/s1/i13+1. The average molecular weight is 364 g/mol. The summed E-state index contributed by atoms with van der Waals surface area (Å²) in [7, 11) is 1.39. The summed E-state index contributed by atoms with van der Waals surface area (Å²) in [5.74, 6) is -1.47. The minimum absolute atomic E-state index is 0.318. The third-order valence-electron chi connectivity index (χ3n) is 3.62. The van der Waals surface area contributed by atoms with Crippen LogP contribution in [0.3, 0.4) is 0 Å². The maximum atomic E-state index is 11.8. The van der Waals surface area contributed by atoms with Crippen molar-refractivity contribution >= 4 is 17.7 Å². The lowest BCUT2D eigenvalue weighted by Crippen LogP contribution is -2.65. The first-order valence-electron chi connectivity index (χ1n) is 7.71. The molecule has 11 heteroatoms. The number of carbonyl (C=O) groups is 3. The number of rotatable bonds is 7. The number of carbonyl (C=O) groups excluding carboxylic acids is 3. The van der Waals surface area contributed by atoms with Gasteiger partial charge in [-0.2, -0.15) is 0 Å². The lowest BCUT2D eigenvalue weighted by atomic mass is 9.97. The summed E-state index contributed by atoms with van der Waals surface area (Å²) < 4.78 is 10.8. The molecule has 1 heterocycles. The number of amides is 3. The van der Waals surface area contributed by atoms with Gasteiger partial charge in [0.25, 0.3) is 0 Å². The molecule has 0 aromatic carbocycles. The summed E-state index contributed by atoms with van der Waals surface area (Å²) in [5, 5.41) is 36.4. The van der Waals surface area contributed by atoms with Crippen molar-refractivity contribution in [2.24, 2.45) is 0 Å². The second-order valence-electron chi connectivity index (χ2n) is 5.63. The molecular formula is C14H25N3O8. The molecule has 11 nitrogen and oxygen atoms in total. The van der Waals surface area contributed by atoms with Crippen molar-refractivity contribution < 1.29 is 39.2 Å². The fourth-order valence-electron chi connectivity index (χ4n) is 2.41. The zero-order valence-electron chi connectivity index (χ0n) is 14.3. The van der Waals surface area contributed by atoms with Gasteiger partial charge in [-0.3, -0.25) is 14.4 Å². The number of hydrogen-bond acceptors (Lipinski definition) is 8. The maximum Gasteiger partial charge on any atom is 0.244 e. The molecule has 0 saturated carbocycles. The average Bonchev–Trinajstić information content (AvgIpc) is 2.55. The van der Waals surface area contributed by atoms with E-state index in [9.17, 15) is 29.7 Å². The van der Waals surface area contributed by atoms with E-state index in [1.54, 1.807) is 0 Å². The van der Waals surface area contributed by atoms with E-state index < -0.39 is 61.0 Å². The minimum atomic E-state index is -1.46. The van der Waals surface area contributed by atoms with Gasteiger partial charge in [0.2, 0.25) is 17.7 Å². The van der Waals surface area contributed by atoms with Gasteiger partial charge in [0.15, 0.2) is 6.29 Å². The molecule has 1 saturated heterocycles. The quantitative estimate of drug-likeness (QED) is 0.250. The predicted molar refractivity (Wildman–Crippen MR) is 83.0 cm³/mol.